The summed E-state index contributed by atoms with van der Waals surface area (Å²) >= 11 is 0. The fourth-order valence-electron chi connectivity index (χ4n) is 2.50. The minimum Gasteiger partial charge on any atom is -0.314 e. The summed E-state index contributed by atoms with van der Waals surface area (Å²) in [5, 5.41) is 3.59. The van der Waals surface area contributed by atoms with Gasteiger partial charge in [-0.05, 0) is 42.3 Å². The summed E-state index contributed by atoms with van der Waals surface area (Å²) in [6.45, 7) is 12.3. The first-order valence-corrected chi connectivity index (χ1v) is 7.80. The van der Waals surface area contributed by atoms with Crippen molar-refractivity contribution >= 4 is 0 Å². The molecule has 0 aliphatic rings. The molecule has 0 aromatic heterocycles. The van der Waals surface area contributed by atoms with E-state index >= 15 is 0 Å². The molecule has 1 heteroatoms. The summed E-state index contributed by atoms with van der Waals surface area (Å²) in [6, 6.07) is 9.86. The number of nitrogens with one attached hydrogen (secondary N) is 1. The van der Waals surface area contributed by atoms with Crippen LogP contribution in [0.2, 0.25) is 0 Å². The van der Waals surface area contributed by atoms with Crippen molar-refractivity contribution in [2.45, 2.75) is 71.8 Å². The summed E-state index contributed by atoms with van der Waals surface area (Å²) in [5.74, 6) is 0. The van der Waals surface area contributed by atoms with Crippen molar-refractivity contribution < 1.29 is 0 Å². The number of hydrogen-bond acceptors (Lipinski definition) is 1. The molecule has 108 valence electrons. The molecule has 0 fully saturated rings. The van der Waals surface area contributed by atoms with Crippen LogP contribution in [-0.2, 0) is 11.8 Å². The van der Waals surface area contributed by atoms with Crippen molar-refractivity contribution in [3.8, 4) is 0 Å². The lowest BCUT2D eigenvalue weighted by molar-refractivity contribution is 0.459. The summed E-state index contributed by atoms with van der Waals surface area (Å²) in [5.41, 5.74) is 3.15. The highest BCUT2D eigenvalue weighted by Gasteiger charge is 2.13. The van der Waals surface area contributed by atoms with Gasteiger partial charge in [0.15, 0.2) is 0 Å². The van der Waals surface area contributed by atoms with E-state index in [2.05, 4.69) is 64.2 Å². The Kier molecular flexibility index (Phi) is 6.57. The molecule has 0 aliphatic heterocycles. The summed E-state index contributed by atoms with van der Waals surface area (Å²) in [7, 11) is 0. The van der Waals surface area contributed by atoms with Gasteiger partial charge in [-0.25, -0.2) is 0 Å². The predicted octanol–water partition coefficient (Wildman–Crippen LogP) is 4.69. The van der Waals surface area contributed by atoms with Gasteiger partial charge >= 0.3 is 0 Å². The molecule has 0 heterocycles. The lowest BCUT2D eigenvalue weighted by Gasteiger charge is -2.20. The van der Waals surface area contributed by atoms with Gasteiger partial charge in [-0.15, -0.1) is 0 Å². The number of hydrogen-bond donors (Lipinski definition) is 1. The van der Waals surface area contributed by atoms with Gasteiger partial charge in [0.25, 0.3) is 0 Å². The molecule has 1 nitrogen and oxygen atoms in total. The molecular formula is C18H31N. The van der Waals surface area contributed by atoms with Crippen LogP contribution in [-0.4, -0.2) is 12.6 Å². The van der Waals surface area contributed by atoms with Crippen molar-refractivity contribution in [3.63, 3.8) is 0 Å². The van der Waals surface area contributed by atoms with Crippen molar-refractivity contribution in [1.82, 2.24) is 5.32 Å². The first-order chi connectivity index (χ1) is 8.97. The maximum atomic E-state index is 3.59. The van der Waals surface area contributed by atoms with Crippen LogP contribution < -0.4 is 5.32 Å². The van der Waals surface area contributed by atoms with Gasteiger partial charge in [0.2, 0.25) is 0 Å². The predicted molar refractivity (Wildman–Crippen MR) is 85.8 cm³/mol. The van der Waals surface area contributed by atoms with Gasteiger partial charge in [0, 0.05) is 6.04 Å². The van der Waals surface area contributed by atoms with Crippen LogP contribution in [0.25, 0.3) is 0 Å². The van der Waals surface area contributed by atoms with Crippen LogP contribution in [0.5, 0.6) is 0 Å². The fraction of sp³-hybridized carbons (Fsp3) is 0.667. The Bertz CT molecular complexity index is 339. The largest absolute Gasteiger partial charge is 0.314 e. The third kappa shape index (κ3) is 5.78. The smallest absolute Gasteiger partial charge is 0.00700 e. The molecular weight excluding hydrogens is 230 g/mol. The lowest BCUT2D eigenvalue weighted by atomic mass is 9.86. The summed E-state index contributed by atoms with van der Waals surface area (Å²) < 4.78 is 0. The Labute approximate surface area is 119 Å². The van der Waals surface area contributed by atoms with Crippen LogP contribution in [0.1, 0.15) is 65.0 Å². The standard InChI is InChI=1S/C18H31N/c1-6-8-17(19-7-2)14-11-15-9-12-16(13-10-15)18(3,4)5/h9-10,12-13,17,19H,6-8,11,14H2,1-5H3. The molecule has 0 spiro atoms. The first-order valence-electron chi connectivity index (χ1n) is 7.80. The van der Waals surface area contributed by atoms with E-state index in [1.165, 1.54) is 36.8 Å². The van der Waals surface area contributed by atoms with Crippen molar-refractivity contribution in [1.29, 1.82) is 0 Å². The van der Waals surface area contributed by atoms with Crippen LogP contribution in [0.3, 0.4) is 0 Å². The van der Waals surface area contributed by atoms with Crippen LogP contribution in [0.4, 0.5) is 0 Å². The van der Waals surface area contributed by atoms with Gasteiger partial charge in [-0.2, -0.15) is 0 Å². The zero-order valence-corrected chi connectivity index (χ0v) is 13.4. The molecule has 0 radical (unpaired) electrons. The minimum absolute atomic E-state index is 0.257. The SMILES string of the molecule is CCCC(CCc1ccc(C(C)(C)C)cc1)NCC. The zero-order chi connectivity index (χ0) is 14.3. The van der Waals surface area contributed by atoms with E-state index in [1.807, 2.05) is 0 Å². The molecule has 19 heavy (non-hydrogen) atoms. The van der Waals surface area contributed by atoms with Crippen molar-refractivity contribution in [2.75, 3.05) is 6.54 Å². The molecule has 0 saturated heterocycles. The molecule has 0 bridgehead atoms. The van der Waals surface area contributed by atoms with Crippen LogP contribution >= 0.6 is 0 Å². The molecule has 1 aromatic rings. The van der Waals surface area contributed by atoms with E-state index in [0.29, 0.717) is 6.04 Å². The fourth-order valence-corrected chi connectivity index (χ4v) is 2.50. The van der Waals surface area contributed by atoms with Crippen molar-refractivity contribution in [3.05, 3.63) is 35.4 Å². The molecule has 1 aromatic carbocycles. The molecule has 0 saturated carbocycles. The Balaban J connectivity index is 2.53. The number of rotatable bonds is 7. The zero-order valence-electron chi connectivity index (χ0n) is 13.4. The lowest BCUT2D eigenvalue weighted by Crippen LogP contribution is -2.29. The average Bonchev–Trinajstić information content (AvgIpc) is 2.36. The highest BCUT2D eigenvalue weighted by molar-refractivity contribution is 5.27. The number of aryl methyl sites for hydroxylation is 1. The third-order valence-electron chi connectivity index (χ3n) is 3.73. The average molecular weight is 261 g/mol. The topological polar surface area (TPSA) is 12.0 Å². The molecule has 1 unspecified atom stereocenters. The van der Waals surface area contributed by atoms with E-state index in [9.17, 15) is 0 Å². The highest BCUT2D eigenvalue weighted by Crippen LogP contribution is 2.22. The minimum atomic E-state index is 0.257. The highest BCUT2D eigenvalue weighted by atomic mass is 14.9. The van der Waals surface area contributed by atoms with Crippen molar-refractivity contribution in [2.24, 2.45) is 0 Å². The molecule has 1 atom stereocenters. The van der Waals surface area contributed by atoms with Crippen LogP contribution in [0.15, 0.2) is 24.3 Å². The van der Waals surface area contributed by atoms with Gasteiger partial charge < -0.3 is 5.32 Å². The Morgan fingerprint density at radius 1 is 1.00 bits per heavy atom. The second-order valence-corrected chi connectivity index (χ2v) is 6.53. The summed E-state index contributed by atoms with van der Waals surface area (Å²) in [6.07, 6.45) is 4.98. The second-order valence-electron chi connectivity index (χ2n) is 6.53. The van der Waals surface area contributed by atoms with E-state index < -0.39 is 0 Å². The normalized spacial score (nSPS) is 13.5. The van der Waals surface area contributed by atoms with Gasteiger partial charge in [-0.1, -0.05) is 65.3 Å². The molecule has 0 aliphatic carbocycles. The van der Waals surface area contributed by atoms with E-state index in [4.69, 9.17) is 0 Å². The van der Waals surface area contributed by atoms with Gasteiger partial charge in [0.05, 0.1) is 0 Å². The third-order valence-corrected chi connectivity index (χ3v) is 3.73. The number of benzene rings is 1. The molecule has 0 amide bonds. The Morgan fingerprint density at radius 3 is 2.11 bits per heavy atom. The van der Waals surface area contributed by atoms with Gasteiger partial charge in [0.1, 0.15) is 0 Å². The Hall–Kier alpha value is -0.820. The second kappa shape index (κ2) is 7.69. The maximum Gasteiger partial charge on any atom is 0.00700 e. The monoisotopic (exact) mass is 261 g/mol. The van der Waals surface area contributed by atoms with Gasteiger partial charge in [-0.3, -0.25) is 0 Å². The summed E-state index contributed by atoms with van der Waals surface area (Å²) in [4.78, 5) is 0. The Morgan fingerprint density at radius 2 is 1.63 bits per heavy atom. The quantitative estimate of drug-likeness (QED) is 0.750. The van der Waals surface area contributed by atoms with E-state index in [1.54, 1.807) is 0 Å². The van der Waals surface area contributed by atoms with E-state index in [-0.39, 0.29) is 5.41 Å². The molecule has 1 N–H and O–H groups in total. The van der Waals surface area contributed by atoms with Crippen LogP contribution in [0, 0.1) is 0 Å². The maximum absolute atomic E-state index is 3.59. The van der Waals surface area contributed by atoms with E-state index in [0.717, 1.165) is 6.54 Å². The molecule has 1 rings (SSSR count). The first kappa shape index (κ1) is 16.2.